The van der Waals surface area contributed by atoms with Gasteiger partial charge in [0.25, 0.3) is 0 Å². The largest absolute Gasteiger partial charge is 0.264 e. The van der Waals surface area contributed by atoms with E-state index in [0.717, 1.165) is 0 Å². The van der Waals surface area contributed by atoms with Crippen molar-refractivity contribution in [1.29, 1.82) is 0 Å². The molecule has 2 heteroatoms. The van der Waals surface area contributed by atoms with E-state index < -0.39 is 0 Å². The van der Waals surface area contributed by atoms with Crippen molar-refractivity contribution in [3.05, 3.63) is 30.1 Å². The van der Waals surface area contributed by atoms with E-state index in [1.54, 1.807) is 0 Å². The van der Waals surface area contributed by atoms with Crippen molar-refractivity contribution in [3.63, 3.8) is 0 Å². The molecule has 0 aromatic carbocycles. The monoisotopic (exact) mass is 198 g/mol. The number of hydrogen-bond acceptors (Lipinski definition) is 1. The van der Waals surface area contributed by atoms with E-state index in [1.807, 2.05) is 18.5 Å². The van der Waals surface area contributed by atoms with Crippen LogP contribution in [0.25, 0.3) is 0 Å². The molecule has 0 bridgehead atoms. The predicted octanol–water partition coefficient (Wildman–Crippen LogP) is 2.42. The van der Waals surface area contributed by atoms with Crippen LogP contribution in [0, 0.1) is 0 Å². The average Bonchev–Trinajstić information content (AvgIpc) is 2.03. The minimum absolute atomic E-state index is 0. The summed E-state index contributed by atoms with van der Waals surface area (Å²) < 4.78 is 0. The second-order valence-corrected chi connectivity index (χ2v) is 2.46. The minimum atomic E-state index is 0. The summed E-state index contributed by atoms with van der Waals surface area (Å²) in [5.41, 5.74) is 1.35. The SMILES string of the molecule is CCCCc1cccnc1.[Cu]. The zero-order chi connectivity index (χ0) is 7.23. The van der Waals surface area contributed by atoms with Crippen LogP contribution in [-0.2, 0) is 23.5 Å². The fourth-order valence-corrected chi connectivity index (χ4v) is 0.927. The molecule has 0 fully saturated rings. The Kier molecular flexibility index (Phi) is 6.19. The molecular formula is C9H13CuN. The summed E-state index contributed by atoms with van der Waals surface area (Å²) in [4.78, 5) is 4.04. The van der Waals surface area contributed by atoms with E-state index >= 15 is 0 Å². The molecule has 1 aromatic heterocycles. The topological polar surface area (TPSA) is 12.9 Å². The Bertz CT molecular complexity index is 174. The Morgan fingerprint density at radius 3 is 2.82 bits per heavy atom. The molecule has 0 aliphatic heterocycles. The summed E-state index contributed by atoms with van der Waals surface area (Å²) in [6.07, 6.45) is 7.45. The van der Waals surface area contributed by atoms with Gasteiger partial charge in [0.15, 0.2) is 0 Å². The third-order valence-corrected chi connectivity index (χ3v) is 1.54. The van der Waals surface area contributed by atoms with E-state index in [4.69, 9.17) is 0 Å². The first-order valence-corrected chi connectivity index (χ1v) is 3.82. The molecule has 65 valence electrons. The van der Waals surface area contributed by atoms with Crippen LogP contribution in [0.5, 0.6) is 0 Å². The number of pyridine rings is 1. The zero-order valence-electron chi connectivity index (χ0n) is 6.68. The molecule has 1 rings (SSSR count). The number of rotatable bonds is 3. The normalized spacial score (nSPS) is 8.82. The average molecular weight is 199 g/mol. The van der Waals surface area contributed by atoms with Crippen LogP contribution in [0.1, 0.15) is 25.3 Å². The van der Waals surface area contributed by atoms with Crippen LogP contribution in [0.15, 0.2) is 24.5 Å². The number of hydrogen-bond donors (Lipinski definition) is 0. The summed E-state index contributed by atoms with van der Waals surface area (Å²) in [5.74, 6) is 0. The van der Waals surface area contributed by atoms with Crippen LogP contribution in [-0.4, -0.2) is 4.98 Å². The van der Waals surface area contributed by atoms with Gasteiger partial charge in [0.1, 0.15) is 0 Å². The van der Waals surface area contributed by atoms with Crippen molar-refractivity contribution >= 4 is 0 Å². The van der Waals surface area contributed by atoms with Gasteiger partial charge in [0.05, 0.1) is 0 Å². The number of unbranched alkanes of at least 4 members (excludes halogenated alkanes) is 1. The first-order chi connectivity index (χ1) is 4.93. The van der Waals surface area contributed by atoms with Gasteiger partial charge in [-0.3, -0.25) is 4.98 Å². The molecule has 0 N–H and O–H groups in total. The first kappa shape index (κ1) is 10.7. The molecule has 0 spiro atoms. The quantitative estimate of drug-likeness (QED) is 0.680. The third kappa shape index (κ3) is 4.18. The van der Waals surface area contributed by atoms with E-state index in [1.165, 1.54) is 24.8 Å². The maximum absolute atomic E-state index is 4.04. The molecule has 0 amide bonds. The smallest absolute Gasteiger partial charge is 0.0299 e. The van der Waals surface area contributed by atoms with Gasteiger partial charge in [-0.2, -0.15) is 0 Å². The number of aromatic nitrogens is 1. The van der Waals surface area contributed by atoms with Crippen molar-refractivity contribution in [2.24, 2.45) is 0 Å². The van der Waals surface area contributed by atoms with Crippen molar-refractivity contribution in [2.45, 2.75) is 26.2 Å². The second kappa shape index (κ2) is 6.38. The fourth-order valence-electron chi connectivity index (χ4n) is 0.927. The van der Waals surface area contributed by atoms with Gasteiger partial charge in [-0.25, -0.2) is 0 Å². The summed E-state index contributed by atoms with van der Waals surface area (Å²) in [6, 6.07) is 4.12. The molecule has 11 heavy (non-hydrogen) atoms. The molecule has 0 aliphatic carbocycles. The van der Waals surface area contributed by atoms with E-state index in [9.17, 15) is 0 Å². The summed E-state index contributed by atoms with van der Waals surface area (Å²) >= 11 is 0. The Morgan fingerprint density at radius 1 is 1.45 bits per heavy atom. The Balaban J connectivity index is 0.000001000. The minimum Gasteiger partial charge on any atom is -0.264 e. The Hall–Kier alpha value is -0.331. The number of nitrogens with zero attached hydrogens (tertiary/aromatic N) is 1. The van der Waals surface area contributed by atoms with E-state index in [2.05, 4.69) is 18.0 Å². The van der Waals surface area contributed by atoms with Crippen molar-refractivity contribution in [2.75, 3.05) is 0 Å². The van der Waals surface area contributed by atoms with Crippen LogP contribution in [0.2, 0.25) is 0 Å². The molecule has 1 aromatic rings. The molecule has 0 saturated carbocycles. The second-order valence-electron chi connectivity index (χ2n) is 2.46. The molecular weight excluding hydrogens is 186 g/mol. The third-order valence-electron chi connectivity index (χ3n) is 1.54. The van der Waals surface area contributed by atoms with Gasteiger partial charge in [-0.05, 0) is 24.5 Å². The first-order valence-electron chi connectivity index (χ1n) is 3.82. The standard InChI is InChI=1S/C9H13N.Cu/c1-2-3-5-9-6-4-7-10-8-9;/h4,6-8H,2-3,5H2,1H3;. The number of aryl methyl sites for hydroxylation is 1. The molecule has 1 heterocycles. The van der Waals surface area contributed by atoms with Crippen LogP contribution >= 0.6 is 0 Å². The molecule has 0 unspecified atom stereocenters. The molecule has 0 aliphatic rings. The van der Waals surface area contributed by atoms with Gasteiger partial charge in [-0.1, -0.05) is 19.4 Å². The van der Waals surface area contributed by atoms with Crippen molar-refractivity contribution in [3.8, 4) is 0 Å². The fraction of sp³-hybridized carbons (Fsp3) is 0.444. The van der Waals surface area contributed by atoms with Crippen LogP contribution < -0.4 is 0 Å². The zero-order valence-corrected chi connectivity index (χ0v) is 7.62. The van der Waals surface area contributed by atoms with Gasteiger partial charge in [-0.15, -0.1) is 0 Å². The molecule has 0 saturated heterocycles. The van der Waals surface area contributed by atoms with Gasteiger partial charge >= 0.3 is 0 Å². The van der Waals surface area contributed by atoms with Crippen LogP contribution in [0.4, 0.5) is 0 Å². The van der Waals surface area contributed by atoms with E-state index in [0.29, 0.717) is 0 Å². The summed E-state index contributed by atoms with van der Waals surface area (Å²) in [6.45, 7) is 2.20. The summed E-state index contributed by atoms with van der Waals surface area (Å²) in [7, 11) is 0. The predicted molar refractivity (Wildman–Crippen MR) is 42.8 cm³/mol. The maximum Gasteiger partial charge on any atom is 0.0299 e. The molecule has 1 nitrogen and oxygen atoms in total. The van der Waals surface area contributed by atoms with Crippen LogP contribution in [0.3, 0.4) is 0 Å². The molecule has 0 atom stereocenters. The van der Waals surface area contributed by atoms with E-state index in [-0.39, 0.29) is 17.1 Å². The Morgan fingerprint density at radius 2 is 2.27 bits per heavy atom. The van der Waals surface area contributed by atoms with Gasteiger partial charge < -0.3 is 0 Å². The summed E-state index contributed by atoms with van der Waals surface area (Å²) in [5, 5.41) is 0. The van der Waals surface area contributed by atoms with Crippen molar-refractivity contribution < 1.29 is 17.1 Å². The Labute approximate surface area is 78.7 Å². The van der Waals surface area contributed by atoms with Gasteiger partial charge in [0, 0.05) is 29.5 Å². The molecule has 1 radical (unpaired) electrons. The van der Waals surface area contributed by atoms with Crippen molar-refractivity contribution in [1.82, 2.24) is 4.98 Å². The maximum atomic E-state index is 4.04. The van der Waals surface area contributed by atoms with Gasteiger partial charge in [0.2, 0.25) is 0 Å².